The molecule has 17 heteroatoms. The van der Waals surface area contributed by atoms with E-state index in [0.717, 1.165) is 40.8 Å². The number of ether oxygens (including phenoxy) is 1. The number of likely N-dealkylation sites (tertiary alicyclic amines) is 2. The number of carbonyl (C=O) groups is 2. The Balaban J connectivity index is 0.000000522. The minimum Gasteiger partial charge on any atom is -0.507 e. The van der Waals surface area contributed by atoms with Crippen molar-refractivity contribution in [3.63, 3.8) is 0 Å². The summed E-state index contributed by atoms with van der Waals surface area (Å²) in [6.45, 7) is 7.15. The molecule has 1 aromatic carbocycles. The smallest absolute Gasteiger partial charge is 0.425 e. The number of alkyl halides is 6. The fourth-order valence-electron chi connectivity index (χ4n) is 7.47. The lowest BCUT2D eigenvalue weighted by Crippen LogP contribution is -2.55. The Kier molecular flexibility index (Phi) is 13.4. The predicted molar refractivity (Wildman–Crippen MR) is 196 cm³/mol. The molecule has 3 aromatic heterocycles. The van der Waals surface area contributed by atoms with E-state index in [9.17, 15) is 41.0 Å². The summed E-state index contributed by atoms with van der Waals surface area (Å²) in [6.07, 6.45) is -3.57. The van der Waals surface area contributed by atoms with E-state index in [1.165, 1.54) is 4.90 Å². The van der Waals surface area contributed by atoms with E-state index in [4.69, 9.17) is 9.84 Å². The largest absolute Gasteiger partial charge is 0.507 e. The highest BCUT2D eigenvalue weighted by Gasteiger charge is 2.45. The van der Waals surface area contributed by atoms with Crippen LogP contribution in [0.4, 0.5) is 26.3 Å². The van der Waals surface area contributed by atoms with Gasteiger partial charge in [0.1, 0.15) is 16.4 Å². The van der Waals surface area contributed by atoms with E-state index in [0.29, 0.717) is 93.4 Å². The standard InChI is InChI=1S/C34H42F3N5O4.C5H3F3OS/c1-4-8-29-25(9-7-17-42(29)32(44)26-21-38-16-12-27(26)34(35,36)37)31(43)41-18-14-33(45,15-19-41)28-10-5-6-11-30(28)46-20-13-24-22(2)39-40-23(24)3;6-5(7,8)4-1-3(9)2-10-4/h5-6,10-12,16,21,25,29,45H,4,7-9,13-15,17-20H2,1-3H3,(H,39,40);1-2,9H. The molecule has 56 heavy (non-hydrogen) atoms. The summed E-state index contributed by atoms with van der Waals surface area (Å²) >= 11 is 0.481. The van der Waals surface area contributed by atoms with Gasteiger partial charge in [-0.15, -0.1) is 11.3 Å². The van der Waals surface area contributed by atoms with Crippen molar-refractivity contribution in [1.29, 1.82) is 0 Å². The van der Waals surface area contributed by atoms with Crippen LogP contribution in [-0.4, -0.2) is 79.3 Å². The molecule has 2 saturated heterocycles. The molecule has 2 fully saturated rings. The van der Waals surface area contributed by atoms with Crippen molar-refractivity contribution in [3.05, 3.63) is 92.7 Å². The Morgan fingerprint density at radius 1 is 1.05 bits per heavy atom. The van der Waals surface area contributed by atoms with Gasteiger partial charge in [-0.1, -0.05) is 31.5 Å². The number of para-hydroxylation sites is 1. The van der Waals surface area contributed by atoms with E-state index in [1.54, 1.807) is 4.90 Å². The molecule has 0 bridgehead atoms. The molecular weight excluding hydrogens is 765 g/mol. The number of H-pyrrole nitrogens is 1. The number of nitrogens with zero attached hydrogens (tertiary/aromatic N) is 4. The molecule has 0 saturated carbocycles. The number of halogens is 6. The zero-order chi connectivity index (χ0) is 40.8. The molecule has 6 rings (SSSR count). The lowest BCUT2D eigenvalue weighted by molar-refractivity contribution is -0.144. The van der Waals surface area contributed by atoms with Gasteiger partial charge in [-0.25, -0.2) is 0 Å². The molecule has 5 heterocycles. The molecule has 2 aliphatic heterocycles. The Bertz CT molecular complexity index is 1940. The number of nitrogens with one attached hydrogen (secondary N) is 1. The van der Waals surface area contributed by atoms with Gasteiger partial charge in [0.15, 0.2) is 0 Å². The van der Waals surface area contributed by atoms with Crippen LogP contribution < -0.4 is 4.74 Å². The van der Waals surface area contributed by atoms with E-state index < -0.39 is 51.8 Å². The second kappa shape index (κ2) is 17.7. The molecule has 3 N–H and O–H groups in total. The molecule has 10 nitrogen and oxygen atoms in total. The van der Waals surface area contributed by atoms with E-state index >= 15 is 0 Å². The maximum atomic E-state index is 14.0. The molecule has 0 spiro atoms. The Labute approximate surface area is 324 Å². The van der Waals surface area contributed by atoms with Crippen molar-refractivity contribution in [2.24, 2.45) is 5.92 Å². The summed E-state index contributed by atoms with van der Waals surface area (Å²) < 4.78 is 82.5. The zero-order valence-corrected chi connectivity index (χ0v) is 32.0. The number of benzene rings is 1. The van der Waals surface area contributed by atoms with Gasteiger partial charge >= 0.3 is 12.4 Å². The van der Waals surface area contributed by atoms with Crippen LogP contribution in [0.5, 0.6) is 11.5 Å². The highest BCUT2D eigenvalue weighted by atomic mass is 32.1. The number of aryl methyl sites for hydroxylation is 2. The molecule has 2 unspecified atom stereocenters. The second-order valence-corrected chi connectivity index (χ2v) is 15.0. The normalized spacial score (nSPS) is 18.6. The first-order valence-corrected chi connectivity index (χ1v) is 19.2. The van der Waals surface area contributed by atoms with Crippen molar-refractivity contribution in [3.8, 4) is 11.5 Å². The number of aromatic hydroxyl groups is 1. The molecule has 0 radical (unpaired) electrons. The van der Waals surface area contributed by atoms with E-state index in [2.05, 4.69) is 15.2 Å². The Morgan fingerprint density at radius 3 is 2.36 bits per heavy atom. The summed E-state index contributed by atoms with van der Waals surface area (Å²) in [7, 11) is 0. The molecule has 0 aliphatic carbocycles. The van der Waals surface area contributed by atoms with Crippen molar-refractivity contribution in [2.75, 3.05) is 26.2 Å². The number of aromatic nitrogens is 3. The maximum absolute atomic E-state index is 14.0. The van der Waals surface area contributed by atoms with Crippen LogP contribution in [0, 0.1) is 19.8 Å². The SMILES string of the molecule is CCCC1C(C(=O)N2CCC(O)(c3ccccc3OCCc3c(C)n[nH]c3C)CC2)CCCN1C(=O)c1cnccc1C(F)(F)F.Oc1csc(C(F)(F)F)c1. The third-order valence-electron chi connectivity index (χ3n) is 10.3. The first-order valence-electron chi connectivity index (χ1n) is 18.4. The third kappa shape index (κ3) is 9.83. The number of thiophene rings is 1. The minimum absolute atomic E-state index is 0.129. The first kappa shape index (κ1) is 42.5. The van der Waals surface area contributed by atoms with Crippen LogP contribution in [0.3, 0.4) is 0 Å². The van der Waals surface area contributed by atoms with Gasteiger partial charge in [-0.05, 0) is 63.6 Å². The van der Waals surface area contributed by atoms with Crippen molar-refractivity contribution < 1.29 is 50.9 Å². The fourth-order valence-corrected chi connectivity index (χ4v) is 8.11. The zero-order valence-electron chi connectivity index (χ0n) is 31.2. The van der Waals surface area contributed by atoms with Crippen molar-refractivity contribution in [2.45, 2.75) is 89.7 Å². The lowest BCUT2D eigenvalue weighted by Gasteiger charge is -2.45. The molecule has 4 aromatic rings. The topological polar surface area (TPSA) is 132 Å². The summed E-state index contributed by atoms with van der Waals surface area (Å²) in [5, 5.41) is 28.6. The van der Waals surface area contributed by atoms with Gasteiger partial charge < -0.3 is 24.7 Å². The minimum atomic E-state index is -4.70. The third-order valence-corrected chi connectivity index (χ3v) is 11.3. The summed E-state index contributed by atoms with van der Waals surface area (Å²) in [4.78, 5) is 33.7. The predicted octanol–water partition coefficient (Wildman–Crippen LogP) is 8.07. The molecular formula is C39H45F6N5O5S. The van der Waals surface area contributed by atoms with E-state index in [1.807, 2.05) is 45.0 Å². The molecule has 304 valence electrons. The number of aromatic amines is 1. The van der Waals surface area contributed by atoms with E-state index in [-0.39, 0.29) is 18.2 Å². The lowest BCUT2D eigenvalue weighted by atomic mass is 9.81. The van der Waals surface area contributed by atoms with Gasteiger partial charge in [0, 0.05) is 67.2 Å². The number of piperidine rings is 2. The maximum Gasteiger partial charge on any atom is 0.425 e. The highest BCUT2D eigenvalue weighted by molar-refractivity contribution is 7.10. The van der Waals surface area contributed by atoms with Gasteiger partial charge in [-0.3, -0.25) is 19.7 Å². The first-order chi connectivity index (χ1) is 26.4. The average Bonchev–Trinajstić information content (AvgIpc) is 3.76. The Morgan fingerprint density at radius 2 is 1.77 bits per heavy atom. The quantitative estimate of drug-likeness (QED) is 0.146. The van der Waals surface area contributed by atoms with Crippen LogP contribution in [-0.2, 0) is 29.2 Å². The monoisotopic (exact) mass is 809 g/mol. The van der Waals surface area contributed by atoms with Crippen molar-refractivity contribution in [1.82, 2.24) is 25.0 Å². The number of hydrogen-bond acceptors (Lipinski definition) is 8. The number of pyridine rings is 1. The number of carbonyl (C=O) groups excluding carboxylic acids is 2. The van der Waals surface area contributed by atoms with Crippen LogP contribution >= 0.6 is 11.3 Å². The number of hydrogen-bond donors (Lipinski definition) is 3. The Hall–Kier alpha value is -4.64. The van der Waals surface area contributed by atoms with Gasteiger partial charge in [0.2, 0.25) is 5.91 Å². The summed E-state index contributed by atoms with van der Waals surface area (Å²) in [5.41, 5.74) is 0.998. The van der Waals surface area contributed by atoms with Gasteiger partial charge in [0.05, 0.1) is 34.9 Å². The molecule has 2 atom stereocenters. The van der Waals surface area contributed by atoms with Crippen LogP contribution in [0.15, 0.2) is 54.2 Å². The molecule has 2 aliphatic rings. The van der Waals surface area contributed by atoms with Crippen molar-refractivity contribution >= 4 is 23.2 Å². The molecule has 2 amide bonds. The highest BCUT2D eigenvalue weighted by Crippen LogP contribution is 2.40. The summed E-state index contributed by atoms with van der Waals surface area (Å²) in [6, 6.07) is 8.41. The van der Waals surface area contributed by atoms with Gasteiger partial charge in [0.25, 0.3) is 5.91 Å². The average molecular weight is 810 g/mol. The van der Waals surface area contributed by atoms with Crippen LogP contribution in [0.1, 0.15) is 88.8 Å². The number of amides is 2. The van der Waals surface area contributed by atoms with Crippen LogP contribution in [0.25, 0.3) is 0 Å². The van der Waals surface area contributed by atoms with Crippen LogP contribution in [0.2, 0.25) is 0 Å². The van der Waals surface area contributed by atoms with Gasteiger partial charge in [-0.2, -0.15) is 31.4 Å². The number of aliphatic hydroxyl groups is 1. The second-order valence-electron chi connectivity index (χ2n) is 14.1. The summed E-state index contributed by atoms with van der Waals surface area (Å²) in [5.74, 6) is -1.16. The number of rotatable bonds is 9. The fraction of sp³-hybridized carbons (Fsp3) is 0.487.